The van der Waals surface area contributed by atoms with E-state index >= 15 is 0 Å². The second-order valence-electron chi connectivity index (χ2n) is 12.1. The molecule has 0 aromatic heterocycles. The molecule has 1 unspecified atom stereocenters. The number of fused-ring (bicyclic) bond motifs is 2. The van der Waals surface area contributed by atoms with Crippen LogP contribution in [0.25, 0.3) is 21.5 Å². The second kappa shape index (κ2) is 11.8. The third-order valence-electron chi connectivity index (χ3n) is 8.81. The Morgan fingerprint density at radius 3 is 1.89 bits per heavy atom. The second-order valence-corrected chi connectivity index (χ2v) is 17.2. The lowest BCUT2D eigenvalue weighted by Crippen LogP contribution is -2.43. The molecular weight excluding hydrogens is 627 g/mol. The smallest absolute Gasteiger partial charge is 0.243 e. The summed E-state index contributed by atoms with van der Waals surface area (Å²) in [6, 6.07) is 8.54. The Hall–Kier alpha value is -2.82. The van der Waals surface area contributed by atoms with E-state index in [0.29, 0.717) is 36.7 Å². The van der Waals surface area contributed by atoms with Gasteiger partial charge in [-0.05, 0) is 60.5 Å². The van der Waals surface area contributed by atoms with Gasteiger partial charge in [-0.25, -0.2) is 16.8 Å². The molecule has 3 aromatic rings. The number of piperidine rings is 2. The zero-order valence-electron chi connectivity index (χ0n) is 24.4. The summed E-state index contributed by atoms with van der Waals surface area (Å²) >= 11 is 1.66. The minimum absolute atomic E-state index is 0.0181. The van der Waals surface area contributed by atoms with Crippen LogP contribution in [0.3, 0.4) is 0 Å². The minimum Gasteiger partial charge on any atom is -0.343 e. The normalized spacial score (nSPS) is 23.9. The van der Waals surface area contributed by atoms with E-state index in [-0.39, 0.29) is 74.1 Å². The first-order chi connectivity index (χ1) is 20.9. The lowest BCUT2D eigenvalue weighted by Gasteiger charge is -2.34. The molecule has 3 fully saturated rings. The van der Waals surface area contributed by atoms with E-state index in [9.17, 15) is 31.7 Å². The first-order valence-corrected chi connectivity index (χ1v) is 18.6. The van der Waals surface area contributed by atoms with E-state index in [1.807, 2.05) is 13.8 Å². The average molecular weight is 662 g/mol. The van der Waals surface area contributed by atoms with Crippen molar-refractivity contribution >= 4 is 70.6 Å². The van der Waals surface area contributed by atoms with Gasteiger partial charge in [0.1, 0.15) is 5.69 Å². The highest BCUT2D eigenvalue weighted by Gasteiger charge is 2.35. The van der Waals surface area contributed by atoms with Gasteiger partial charge in [0.15, 0.2) is 0 Å². The topological polar surface area (TPSA) is 166 Å². The number of benzene rings is 3. The Bertz CT molecular complexity index is 1850. The summed E-state index contributed by atoms with van der Waals surface area (Å²) < 4.78 is 57.5. The van der Waals surface area contributed by atoms with Crippen LogP contribution >= 0.6 is 11.8 Å². The molecule has 1 amide bonds. The highest BCUT2D eigenvalue weighted by molar-refractivity contribution is 8.06. The number of carbonyl (C=O) groups excluding carboxylic acids is 1. The van der Waals surface area contributed by atoms with E-state index in [4.69, 9.17) is 0 Å². The molecule has 3 heterocycles. The van der Waals surface area contributed by atoms with Crippen molar-refractivity contribution in [1.82, 2.24) is 13.9 Å². The number of amides is 1. The molecule has 0 saturated carbocycles. The summed E-state index contributed by atoms with van der Waals surface area (Å²) in [5.74, 6) is 0.985. The predicted octanol–water partition coefficient (Wildman–Crippen LogP) is 4.45. The number of nitrogens with zero attached hydrogens (tertiary/aromatic N) is 3. The number of carbonyl (C=O) groups is 1. The molecule has 3 aliphatic heterocycles. The van der Waals surface area contributed by atoms with Crippen LogP contribution in [0.1, 0.15) is 33.1 Å². The van der Waals surface area contributed by atoms with Gasteiger partial charge in [0, 0.05) is 59.4 Å². The number of thioether (sulfide) groups is 1. The van der Waals surface area contributed by atoms with Gasteiger partial charge in [-0.3, -0.25) is 15.5 Å². The zero-order valence-corrected chi connectivity index (χ0v) is 26.8. The summed E-state index contributed by atoms with van der Waals surface area (Å²) in [5.41, 5.74) is 2.21. The lowest BCUT2D eigenvalue weighted by molar-refractivity contribution is -0.126. The number of hydrogen-bond acceptors (Lipinski definition) is 10. The number of nitrogens with one attached hydrogen (secondary N) is 2. The molecule has 0 spiro atoms. The predicted molar refractivity (Wildman–Crippen MR) is 170 cm³/mol. The van der Waals surface area contributed by atoms with Crippen LogP contribution in [0, 0.1) is 22.7 Å². The van der Waals surface area contributed by atoms with Crippen molar-refractivity contribution in [2.24, 2.45) is 22.9 Å². The summed E-state index contributed by atoms with van der Waals surface area (Å²) in [4.78, 5) is 24.7. The molecular formula is C29H35N5O7S3. The summed E-state index contributed by atoms with van der Waals surface area (Å²) in [7, 11) is -7.90. The van der Waals surface area contributed by atoms with Gasteiger partial charge >= 0.3 is 0 Å². The fourth-order valence-corrected chi connectivity index (χ4v) is 10.2. The van der Waals surface area contributed by atoms with Gasteiger partial charge in [0.25, 0.3) is 0 Å². The average Bonchev–Trinajstić information content (AvgIpc) is 3.82. The Morgan fingerprint density at radius 2 is 1.41 bits per heavy atom. The van der Waals surface area contributed by atoms with Crippen molar-refractivity contribution < 1.29 is 26.8 Å². The maximum atomic E-state index is 13.7. The molecule has 15 heteroatoms. The molecule has 0 bridgehead atoms. The molecule has 12 nitrogen and oxygen atoms in total. The van der Waals surface area contributed by atoms with Crippen LogP contribution < -0.4 is 10.8 Å². The van der Waals surface area contributed by atoms with Crippen molar-refractivity contribution in [2.75, 3.05) is 37.4 Å². The fourth-order valence-electron chi connectivity index (χ4n) is 6.57. The minimum atomic E-state index is -4.00. The quantitative estimate of drug-likeness (QED) is 0.137. The summed E-state index contributed by atoms with van der Waals surface area (Å²) in [5, 5.41) is 17.5. The molecule has 3 aliphatic rings. The number of sulfonamides is 2. The van der Waals surface area contributed by atoms with Gasteiger partial charge < -0.3 is 5.32 Å². The van der Waals surface area contributed by atoms with Crippen LogP contribution in [0.5, 0.6) is 0 Å². The largest absolute Gasteiger partial charge is 0.343 e. The SMILES string of the molecule is C[C@@H]1C[C@H](C)CN(S(=O)(=O)c2ccc3c(NO)c4ccc(S(=O)(=O)N5CCC(C(=O)NC6CS6)CC5)cc4c(N=O)c3c2)C1. The van der Waals surface area contributed by atoms with Crippen LogP contribution in [0.4, 0.5) is 11.4 Å². The molecule has 3 N–H and O–H groups in total. The monoisotopic (exact) mass is 661 g/mol. The number of anilines is 1. The first kappa shape index (κ1) is 31.2. The highest BCUT2D eigenvalue weighted by atomic mass is 32.2. The molecule has 6 rings (SSSR count). The molecule has 3 aromatic carbocycles. The van der Waals surface area contributed by atoms with E-state index < -0.39 is 20.0 Å². The van der Waals surface area contributed by atoms with E-state index in [1.54, 1.807) is 11.8 Å². The van der Waals surface area contributed by atoms with Crippen molar-refractivity contribution in [3.8, 4) is 0 Å². The van der Waals surface area contributed by atoms with E-state index in [0.717, 1.165) is 12.2 Å². The molecule has 44 heavy (non-hydrogen) atoms. The molecule has 3 saturated heterocycles. The molecule has 0 radical (unpaired) electrons. The number of nitroso groups, excluding NO2 is 1. The van der Waals surface area contributed by atoms with Crippen LogP contribution in [-0.4, -0.2) is 73.9 Å². The molecule has 3 atom stereocenters. The van der Waals surface area contributed by atoms with Crippen molar-refractivity contribution in [3.63, 3.8) is 0 Å². The van der Waals surface area contributed by atoms with Gasteiger partial charge in [0.2, 0.25) is 26.0 Å². The van der Waals surface area contributed by atoms with Crippen molar-refractivity contribution in [3.05, 3.63) is 41.3 Å². The first-order valence-electron chi connectivity index (χ1n) is 14.6. The number of rotatable bonds is 8. The fraction of sp³-hybridized carbons (Fsp3) is 0.483. The maximum absolute atomic E-state index is 13.7. The van der Waals surface area contributed by atoms with Crippen LogP contribution in [-0.2, 0) is 24.8 Å². The molecule has 0 aliphatic carbocycles. The van der Waals surface area contributed by atoms with Crippen molar-refractivity contribution in [2.45, 2.75) is 48.3 Å². The van der Waals surface area contributed by atoms with Crippen LogP contribution in [0.15, 0.2) is 51.4 Å². The van der Waals surface area contributed by atoms with Gasteiger partial charge in [-0.2, -0.15) is 8.61 Å². The Kier molecular flexibility index (Phi) is 8.39. The zero-order chi connectivity index (χ0) is 31.4. The third-order valence-corrected chi connectivity index (χ3v) is 13.3. The van der Waals surface area contributed by atoms with E-state index in [2.05, 4.69) is 16.0 Å². The standard InChI is InChI=1S/C29H35N5O7S3/c1-17-11-18(2)15-34(14-17)44(40,41)21-4-6-23-25(13-21)28(32-37)24-12-20(3-5-22(24)27(23)31-36)43(38,39)33-9-7-19(8-10-33)29(35)30-26-16-42-26/h3-6,12-13,17-19,26,31,36H,7-11,14-16H2,1-2H3,(H,30,35)/t17-,18+,26?. The summed E-state index contributed by atoms with van der Waals surface area (Å²) in [6.45, 7) is 5.13. The van der Waals surface area contributed by atoms with Crippen molar-refractivity contribution in [1.29, 1.82) is 0 Å². The highest BCUT2D eigenvalue weighted by Crippen LogP contribution is 2.43. The van der Waals surface area contributed by atoms with E-state index in [1.165, 1.54) is 45.0 Å². The van der Waals surface area contributed by atoms with Gasteiger partial charge in [-0.15, -0.1) is 16.7 Å². The van der Waals surface area contributed by atoms with Gasteiger partial charge in [-0.1, -0.05) is 26.0 Å². The third kappa shape index (κ3) is 5.69. The number of hydrogen-bond donors (Lipinski definition) is 3. The Morgan fingerprint density at radius 1 is 0.886 bits per heavy atom. The van der Waals surface area contributed by atoms with Gasteiger partial charge in [0.05, 0.1) is 20.9 Å². The lowest BCUT2D eigenvalue weighted by atomic mass is 9.94. The van der Waals surface area contributed by atoms with Crippen LogP contribution in [0.2, 0.25) is 0 Å². The maximum Gasteiger partial charge on any atom is 0.243 e. The Labute approximate surface area is 260 Å². The molecule has 236 valence electrons. The summed E-state index contributed by atoms with van der Waals surface area (Å²) in [6.07, 6.45) is 1.72. The Balaban J connectivity index is 1.37.